The van der Waals surface area contributed by atoms with Gasteiger partial charge in [-0.2, -0.15) is 0 Å². The van der Waals surface area contributed by atoms with Crippen LogP contribution in [0.1, 0.15) is 5.56 Å². The van der Waals surface area contributed by atoms with E-state index in [0.29, 0.717) is 26.4 Å². The SMILES string of the molecule is C#CCOc1c(I)cc(/C=C2\SC(=S)N(c3cccc(F)c3)C2=O)cc1OC. The van der Waals surface area contributed by atoms with Crippen LogP contribution < -0.4 is 14.4 Å². The van der Waals surface area contributed by atoms with Gasteiger partial charge in [0, 0.05) is 0 Å². The summed E-state index contributed by atoms with van der Waals surface area (Å²) in [5.41, 5.74) is 1.14. The molecule has 1 saturated heterocycles. The molecule has 1 aliphatic heterocycles. The van der Waals surface area contributed by atoms with Crippen molar-refractivity contribution in [3.8, 4) is 23.8 Å². The first-order valence-electron chi connectivity index (χ1n) is 7.92. The molecule has 0 N–H and O–H groups in total. The summed E-state index contributed by atoms with van der Waals surface area (Å²) in [7, 11) is 1.53. The number of carbonyl (C=O) groups excluding carboxylic acids is 1. The normalized spacial score (nSPS) is 15.1. The smallest absolute Gasteiger partial charge is 0.270 e. The number of anilines is 1. The number of rotatable bonds is 5. The Morgan fingerprint density at radius 3 is 2.86 bits per heavy atom. The fourth-order valence-corrected chi connectivity index (χ4v) is 4.61. The maximum atomic E-state index is 13.5. The fourth-order valence-electron chi connectivity index (χ4n) is 2.53. The lowest BCUT2D eigenvalue weighted by Crippen LogP contribution is -2.27. The van der Waals surface area contributed by atoms with Crippen molar-refractivity contribution in [3.63, 3.8) is 0 Å². The predicted octanol–water partition coefficient (Wildman–Crippen LogP) is 4.86. The third-order valence-corrected chi connectivity index (χ3v) is 5.81. The molecular formula is C20H13FINO3S2. The lowest BCUT2D eigenvalue weighted by molar-refractivity contribution is -0.113. The highest BCUT2D eigenvalue weighted by Crippen LogP contribution is 2.38. The lowest BCUT2D eigenvalue weighted by atomic mass is 10.1. The minimum atomic E-state index is -0.433. The molecule has 28 heavy (non-hydrogen) atoms. The van der Waals surface area contributed by atoms with Gasteiger partial charge in [-0.05, 0) is 64.6 Å². The molecule has 3 rings (SSSR count). The van der Waals surface area contributed by atoms with Gasteiger partial charge in [0.1, 0.15) is 12.4 Å². The van der Waals surface area contributed by atoms with Crippen molar-refractivity contribution in [1.29, 1.82) is 0 Å². The number of terminal acetylenes is 1. The molecule has 0 saturated carbocycles. The Kier molecular flexibility index (Phi) is 6.59. The monoisotopic (exact) mass is 525 g/mol. The molecule has 1 fully saturated rings. The van der Waals surface area contributed by atoms with E-state index in [0.717, 1.165) is 20.9 Å². The number of ether oxygens (including phenoxy) is 2. The average molecular weight is 525 g/mol. The summed E-state index contributed by atoms with van der Waals surface area (Å²) < 4.78 is 25.6. The molecule has 1 aliphatic rings. The van der Waals surface area contributed by atoms with E-state index in [4.69, 9.17) is 28.1 Å². The van der Waals surface area contributed by atoms with Crippen molar-refractivity contribution in [2.24, 2.45) is 0 Å². The van der Waals surface area contributed by atoms with E-state index < -0.39 is 5.82 Å². The van der Waals surface area contributed by atoms with Crippen LogP contribution in [0.15, 0.2) is 41.3 Å². The maximum absolute atomic E-state index is 13.5. The molecule has 1 heterocycles. The lowest BCUT2D eigenvalue weighted by Gasteiger charge is -2.14. The highest BCUT2D eigenvalue weighted by atomic mass is 127. The topological polar surface area (TPSA) is 38.8 Å². The zero-order chi connectivity index (χ0) is 20.3. The van der Waals surface area contributed by atoms with Crippen LogP contribution in [-0.2, 0) is 4.79 Å². The quantitative estimate of drug-likeness (QED) is 0.242. The van der Waals surface area contributed by atoms with Crippen LogP contribution in [0.5, 0.6) is 11.5 Å². The molecule has 142 valence electrons. The summed E-state index contributed by atoms with van der Waals surface area (Å²) in [6.45, 7) is 0.123. The molecule has 8 heteroatoms. The van der Waals surface area contributed by atoms with Crippen molar-refractivity contribution in [2.45, 2.75) is 0 Å². The molecule has 0 atom stereocenters. The number of nitrogens with zero attached hydrogens (tertiary/aromatic N) is 1. The molecule has 0 aliphatic carbocycles. The highest BCUT2D eigenvalue weighted by Gasteiger charge is 2.33. The van der Waals surface area contributed by atoms with Gasteiger partial charge in [-0.15, -0.1) is 6.42 Å². The predicted molar refractivity (Wildman–Crippen MR) is 122 cm³/mol. The van der Waals surface area contributed by atoms with Crippen molar-refractivity contribution >= 4 is 68.6 Å². The molecule has 0 aromatic heterocycles. The Balaban J connectivity index is 1.94. The summed E-state index contributed by atoms with van der Waals surface area (Å²) in [6, 6.07) is 9.37. The Morgan fingerprint density at radius 2 is 2.18 bits per heavy atom. The summed E-state index contributed by atoms with van der Waals surface area (Å²) >= 11 is 8.59. The molecule has 2 aromatic rings. The van der Waals surface area contributed by atoms with Crippen molar-refractivity contribution in [1.82, 2.24) is 0 Å². The van der Waals surface area contributed by atoms with Gasteiger partial charge in [0.05, 0.1) is 21.3 Å². The second-order valence-electron chi connectivity index (χ2n) is 5.52. The Labute approximate surface area is 185 Å². The van der Waals surface area contributed by atoms with E-state index >= 15 is 0 Å². The number of halogens is 2. The second-order valence-corrected chi connectivity index (χ2v) is 8.36. The number of thiocarbonyl (C=S) groups is 1. The van der Waals surface area contributed by atoms with Crippen LogP contribution in [0.3, 0.4) is 0 Å². The Morgan fingerprint density at radius 1 is 1.39 bits per heavy atom. The number of hydrogen-bond acceptors (Lipinski definition) is 5. The van der Waals surface area contributed by atoms with Gasteiger partial charge in [0.2, 0.25) is 0 Å². The number of benzene rings is 2. The van der Waals surface area contributed by atoms with Gasteiger partial charge in [-0.25, -0.2) is 4.39 Å². The van der Waals surface area contributed by atoms with E-state index in [-0.39, 0.29) is 12.5 Å². The molecular weight excluding hydrogens is 512 g/mol. The molecule has 4 nitrogen and oxygen atoms in total. The number of amides is 1. The minimum absolute atomic E-state index is 0.123. The first-order chi connectivity index (χ1) is 13.4. The van der Waals surface area contributed by atoms with Crippen LogP contribution in [0.2, 0.25) is 0 Å². The van der Waals surface area contributed by atoms with Gasteiger partial charge in [0.25, 0.3) is 5.91 Å². The molecule has 0 radical (unpaired) electrons. The van der Waals surface area contributed by atoms with Gasteiger partial charge < -0.3 is 9.47 Å². The third kappa shape index (κ3) is 4.32. The van der Waals surface area contributed by atoms with E-state index in [1.807, 2.05) is 6.07 Å². The van der Waals surface area contributed by atoms with E-state index in [1.54, 1.807) is 18.2 Å². The Hall–Kier alpha value is -2.09. The molecule has 1 amide bonds. The molecule has 0 bridgehead atoms. The van der Waals surface area contributed by atoms with Crippen LogP contribution in [0.4, 0.5) is 10.1 Å². The standard InChI is InChI=1S/C20H13FINO3S2/c1-3-7-26-18-15(22)8-12(9-16(18)25-2)10-17-19(24)23(20(27)28-17)14-6-4-5-13(21)11-14/h1,4-6,8-11H,7H2,2H3/b17-10-. The average Bonchev–Trinajstić information content (AvgIpc) is 2.93. The molecule has 0 spiro atoms. The van der Waals surface area contributed by atoms with E-state index in [2.05, 4.69) is 28.5 Å². The first kappa shape index (κ1) is 20.6. The number of methoxy groups -OCH3 is 1. The summed E-state index contributed by atoms with van der Waals surface area (Å²) in [6.07, 6.45) is 6.96. The van der Waals surface area contributed by atoms with Crippen LogP contribution >= 0.6 is 46.6 Å². The van der Waals surface area contributed by atoms with Crippen molar-refractivity contribution in [2.75, 3.05) is 18.6 Å². The third-order valence-electron chi connectivity index (χ3n) is 3.71. The second kappa shape index (κ2) is 8.94. The van der Waals surface area contributed by atoms with Crippen molar-refractivity contribution in [3.05, 3.63) is 56.3 Å². The zero-order valence-corrected chi connectivity index (χ0v) is 18.4. The van der Waals surface area contributed by atoms with Gasteiger partial charge in [-0.3, -0.25) is 9.69 Å². The minimum Gasteiger partial charge on any atom is -0.493 e. The van der Waals surface area contributed by atoms with E-state index in [9.17, 15) is 9.18 Å². The van der Waals surface area contributed by atoms with Crippen LogP contribution in [-0.4, -0.2) is 23.9 Å². The summed E-state index contributed by atoms with van der Waals surface area (Å²) in [4.78, 5) is 14.6. The van der Waals surface area contributed by atoms with Crippen molar-refractivity contribution < 1.29 is 18.7 Å². The molecule has 2 aromatic carbocycles. The largest absolute Gasteiger partial charge is 0.493 e. The number of hydrogen-bond donors (Lipinski definition) is 0. The highest BCUT2D eigenvalue weighted by molar-refractivity contribution is 14.1. The molecule has 0 unspecified atom stereocenters. The van der Waals surface area contributed by atoms with Gasteiger partial charge >= 0.3 is 0 Å². The fraction of sp³-hybridized carbons (Fsp3) is 0.100. The Bertz CT molecular complexity index is 1030. The van der Waals surface area contributed by atoms with Gasteiger partial charge in [-0.1, -0.05) is 36.0 Å². The van der Waals surface area contributed by atoms with Crippen LogP contribution in [0, 0.1) is 21.7 Å². The van der Waals surface area contributed by atoms with E-state index in [1.165, 1.54) is 30.2 Å². The number of carbonyl (C=O) groups is 1. The number of thioether (sulfide) groups is 1. The summed E-state index contributed by atoms with van der Waals surface area (Å²) in [5.74, 6) is 2.73. The van der Waals surface area contributed by atoms with Gasteiger partial charge in [0.15, 0.2) is 15.8 Å². The first-order valence-corrected chi connectivity index (χ1v) is 10.2. The van der Waals surface area contributed by atoms with Crippen LogP contribution in [0.25, 0.3) is 6.08 Å². The zero-order valence-electron chi connectivity index (χ0n) is 14.6. The maximum Gasteiger partial charge on any atom is 0.270 e. The summed E-state index contributed by atoms with van der Waals surface area (Å²) in [5, 5.41) is 0.